The van der Waals surface area contributed by atoms with Crippen molar-refractivity contribution in [1.82, 2.24) is 0 Å². The maximum Gasteiger partial charge on any atom is 0.0761 e. The molecule has 1 unspecified atom stereocenters. The van der Waals surface area contributed by atoms with E-state index in [1.807, 2.05) is 13.8 Å². The van der Waals surface area contributed by atoms with Gasteiger partial charge in [0.25, 0.3) is 0 Å². The molecule has 0 spiro atoms. The third-order valence-corrected chi connectivity index (χ3v) is 1.73. The molecule has 0 aliphatic carbocycles. The van der Waals surface area contributed by atoms with Crippen molar-refractivity contribution < 1.29 is 4.74 Å². The van der Waals surface area contributed by atoms with E-state index >= 15 is 0 Å². The van der Waals surface area contributed by atoms with Crippen LogP contribution in [0.15, 0.2) is 11.6 Å². The molecule has 0 N–H and O–H groups in total. The Morgan fingerprint density at radius 1 is 1.31 bits per heavy atom. The van der Waals surface area contributed by atoms with Gasteiger partial charge in [-0.3, -0.25) is 0 Å². The summed E-state index contributed by atoms with van der Waals surface area (Å²) in [6.07, 6.45) is 2.39. The van der Waals surface area contributed by atoms with Gasteiger partial charge in [-0.2, -0.15) is 0 Å². The molecule has 0 amide bonds. The average Bonchev–Trinajstić information content (AvgIpc) is 1.81. The molecule has 0 saturated heterocycles. The molecular weight excluding hydrogens is 160 g/mol. The summed E-state index contributed by atoms with van der Waals surface area (Å²) in [5.74, 6) is 0.582. The first-order chi connectivity index (χ1) is 5.72. The highest BCUT2D eigenvalue weighted by Crippen LogP contribution is 2.16. The second kappa shape index (κ2) is 4.80. The van der Waals surface area contributed by atoms with E-state index in [1.54, 1.807) is 0 Å². The monoisotopic (exact) mass is 183 g/mol. The highest BCUT2D eigenvalue weighted by atomic mass is 16.5. The lowest BCUT2D eigenvalue weighted by atomic mass is 10.1. The fraction of sp³-hybridized carbons (Fsp3) is 0.750. The molecule has 0 fully saturated rings. The topological polar surface area (TPSA) is 9.23 Å². The summed E-state index contributed by atoms with van der Waals surface area (Å²) >= 11 is 0. The SMILES string of the molecule is [CH2]C(C)(C)OC(C)C(C)=CC(C)C. The van der Waals surface area contributed by atoms with Gasteiger partial charge in [0.15, 0.2) is 0 Å². The molecular formula is C12H23O. The maximum absolute atomic E-state index is 5.72. The predicted octanol–water partition coefficient (Wildman–Crippen LogP) is 3.61. The molecule has 1 heteroatoms. The number of rotatable bonds is 4. The fourth-order valence-corrected chi connectivity index (χ4v) is 1.23. The average molecular weight is 183 g/mol. The van der Waals surface area contributed by atoms with E-state index in [0.717, 1.165) is 0 Å². The first-order valence-corrected chi connectivity index (χ1v) is 4.94. The molecule has 1 nitrogen and oxygen atoms in total. The number of hydrogen-bond donors (Lipinski definition) is 0. The number of allylic oxidation sites excluding steroid dienone is 1. The van der Waals surface area contributed by atoms with E-state index in [1.165, 1.54) is 5.57 Å². The number of hydrogen-bond acceptors (Lipinski definition) is 1. The van der Waals surface area contributed by atoms with Crippen molar-refractivity contribution in [3.63, 3.8) is 0 Å². The first-order valence-electron chi connectivity index (χ1n) is 4.94. The van der Waals surface area contributed by atoms with Gasteiger partial charge in [-0.15, -0.1) is 0 Å². The Kier molecular flexibility index (Phi) is 4.69. The lowest BCUT2D eigenvalue weighted by Gasteiger charge is -2.25. The molecule has 0 aromatic heterocycles. The van der Waals surface area contributed by atoms with E-state index in [2.05, 4.69) is 40.7 Å². The molecule has 0 bridgehead atoms. The Morgan fingerprint density at radius 3 is 2.08 bits per heavy atom. The molecule has 13 heavy (non-hydrogen) atoms. The third-order valence-electron chi connectivity index (χ3n) is 1.73. The van der Waals surface area contributed by atoms with Gasteiger partial charge in [0.2, 0.25) is 0 Å². The van der Waals surface area contributed by atoms with Gasteiger partial charge in [0.1, 0.15) is 0 Å². The summed E-state index contributed by atoms with van der Waals surface area (Å²) < 4.78 is 5.72. The highest BCUT2D eigenvalue weighted by Gasteiger charge is 2.16. The summed E-state index contributed by atoms with van der Waals surface area (Å²) in [5.41, 5.74) is 0.984. The Bertz CT molecular complexity index is 172. The lowest BCUT2D eigenvalue weighted by molar-refractivity contribution is -0.0166. The Hall–Kier alpha value is -0.300. The molecule has 0 aliphatic heterocycles. The lowest BCUT2D eigenvalue weighted by Crippen LogP contribution is -2.26. The summed E-state index contributed by atoms with van der Waals surface area (Å²) in [6, 6.07) is 0. The van der Waals surface area contributed by atoms with Crippen LogP contribution < -0.4 is 0 Å². The highest BCUT2D eigenvalue weighted by molar-refractivity contribution is 5.05. The van der Waals surface area contributed by atoms with E-state index in [-0.39, 0.29) is 11.7 Å². The van der Waals surface area contributed by atoms with E-state index in [4.69, 9.17) is 4.74 Å². The van der Waals surface area contributed by atoms with E-state index in [9.17, 15) is 0 Å². The molecule has 0 aromatic rings. The second-order valence-corrected chi connectivity index (χ2v) is 4.67. The van der Waals surface area contributed by atoms with Gasteiger partial charge in [0.05, 0.1) is 11.7 Å². The predicted molar refractivity (Wildman–Crippen MR) is 58.6 cm³/mol. The minimum Gasteiger partial charge on any atom is -0.368 e. The van der Waals surface area contributed by atoms with Crippen LogP contribution >= 0.6 is 0 Å². The molecule has 0 saturated carbocycles. The minimum atomic E-state index is -0.300. The zero-order valence-corrected chi connectivity index (χ0v) is 9.85. The smallest absolute Gasteiger partial charge is 0.0761 e. The van der Waals surface area contributed by atoms with Crippen molar-refractivity contribution in [1.29, 1.82) is 0 Å². The second-order valence-electron chi connectivity index (χ2n) is 4.67. The van der Waals surface area contributed by atoms with Crippen molar-refractivity contribution in [2.75, 3.05) is 0 Å². The van der Waals surface area contributed by atoms with Crippen LogP contribution in [0.5, 0.6) is 0 Å². The van der Waals surface area contributed by atoms with Crippen LogP contribution in [0.4, 0.5) is 0 Å². The molecule has 1 atom stereocenters. The van der Waals surface area contributed by atoms with Crippen LogP contribution in [-0.4, -0.2) is 11.7 Å². The fourth-order valence-electron chi connectivity index (χ4n) is 1.23. The Labute approximate surface area is 83.2 Å². The summed E-state index contributed by atoms with van der Waals surface area (Å²) in [4.78, 5) is 0. The van der Waals surface area contributed by atoms with Gasteiger partial charge >= 0.3 is 0 Å². The minimum absolute atomic E-state index is 0.162. The van der Waals surface area contributed by atoms with Crippen LogP contribution in [0.1, 0.15) is 41.5 Å². The van der Waals surface area contributed by atoms with Crippen LogP contribution in [0.2, 0.25) is 0 Å². The van der Waals surface area contributed by atoms with Crippen LogP contribution in [0.3, 0.4) is 0 Å². The third kappa shape index (κ3) is 6.83. The molecule has 0 aliphatic rings. The normalized spacial score (nSPS) is 16.5. The van der Waals surface area contributed by atoms with Crippen molar-refractivity contribution >= 4 is 0 Å². The molecule has 1 radical (unpaired) electrons. The molecule has 0 rings (SSSR count). The summed E-state index contributed by atoms with van der Waals surface area (Å²) in [7, 11) is 0. The van der Waals surface area contributed by atoms with Gasteiger partial charge < -0.3 is 4.74 Å². The van der Waals surface area contributed by atoms with Crippen molar-refractivity contribution in [2.45, 2.75) is 53.2 Å². The summed E-state index contributed by atoms with van der Waals surface area (Å²) in [6.45, 7) is 16.4. The van der Waals surface area contributed by atoms with Crippen LogP contribution in [0, 0.1) is 12.8 Å². The van der Waals surface area contributed by atoms with E-state index in [0.29, 0.717) is 5.92 Å². The van der Waals surface area contributed by atoms with Crippen LogP contribution in [-0.2, 0) is 4.74 Å². The Balaban J connectivity index is 4.19. The Morgan fingerprint density at radius 2 is 1.77 bits per heavy atom. The van der Waals surface area contributed by atoms with Gasteiger partial charge in [0, 0.05) is 0 Å². The van der Waals surface area contributed by atoms with Crippen LogP contribution in [0.25, 0.3) is 0 Å². The zero-order valence-electron chi connectivity index (χ0n) is 9.85. The van der Waals surface area contributed by atoms with Crippen molar-refractivity contribution in [3.05, 3.63) is 18.6 Å². The van der Waals surface area contributed by atoms with E-state index < -0.39 is 0 Å². The van der Waals surface area contributed by atoms with Crippen molar-refractivity contribution in [3.8, 4) is 0 Å². The molecule has 77 valence electrons. The number of ether oxygens (including phenoxy) is 1. The summed E-state index contributed by atoms with van der Waals surface area (Å²) in [5, 5.41) is 0. The van der Waals surface area contributed by atoms with Gasteiger partial charge in [-0.25, -0.2) is 0 Å². The van der Waals surface area contributed by atoms with Gasteiger partial charge in [-0.1, -0.05) is 19.9 Å². The molecule has 0 heterocycles. The first kappa shape index (κ1) is 12.7. The molecule has 0 aromatic carbocycles. The quantitative estimate of drug-likeness (QED) is 0.605. The van der Waals surface area contributed by atoms with Crippen molar-refractivity contribution in [2.24, 2.45) is 5.92 Å². The largest absolute Gasteiger partial charge is 0.368 e. The standard InChI is InChI=1S/C12H23O/c1-9(2)8-10(3)11(4)13-12(5,6)7/h8-9,11H,5H2,1-4,6-7H3. The van der Waals surface area contributed by atoms with Gasteiger partial charge in [-0.05, 0) is 46.1 Å². The zero-order chi connectivity index (χ0) is 10.6. The maximum atomic E-state index is 5.72.